The van der Waals surface area contributed by atoms with E-state index in [1.807, 2.05) is 12.1 Å². The number of aromatic nitrogens is 1. The van der Waals surface area contributed by atoms with Crippen LogP contribution in [0.3, 0.4) is 0 Å². The Morgan fingerprint density at radius 2 is 2.53 bits per heavy atom. The lowest BCUT2D eigenvalue weighted by molar-refractivity contribution is -0.148. The highest BCUT2D eigenvalue weighted by atomic mass is 16.5. The van der Waals surface area contributed by atoms with Crippen LogP contribution in [0.2, 0.25) is 0 Å². The van der Waals surface area contributed by atoms with Gasteiger partial charge in [-0.2, -0.15) is 0 Å². The van der Waals surface area contributed by atoms with Gasteiger partial charge in [-0.15, -0.1) is 0 Å². The Kier molecular flexibility index (Phi) is 2.68. The van der Waals surface area contributed by atoms with Crippen molar-refractivity contribution < 1.29 is 14.6 Å². The van der Waals surface area contributed by atoms with Gasteiger partial charge in [0.15, 0.2) is 0 Å². The summed E-state index contributed by atoms with van der Waals surface area (Å²) in [5, 5.41) is 9.22. The van der Waals surface area contributed by atoms with Gasteiger partial charge in [0.05, 0.1) is 12.0 Å². The second-order valence-electron chi connectivity index (χ2n) is 3.93. The van der Waals surface area contributed by atoms with E-state index in [4.69, 9.17) is 4.74 Å². The van der Waals surface area contributed by atoms with Gasteiger partial charge in [0, 0.05) is 19.0 Å². The van der Waals surface area contributed by atoms with Crippen molar-refractivity contribution in [3.05, 3.63) is 30.1 Å². The van der Waals surface area contributed by atoms with Crippen LogP contribution in [0.4, 0.5) is 0 Å². The maximum absolute atomic E-state index is 11.2. The van der Waals surface area contributed by atoms with Gasteiger partial charge >= 0.3 is 5.97 Å². The topological polar surface area (TPSA) is 59.4 Å². The van der Waals surface area contributed by atoms with E-state index in [0.29, 0.717) is 26.1 Å². The fourth-order valence-corrected chi connectivity index (χ4v) is 1.88. The normalized spacial score (nSPS) is 25.3. The fraction of sp³-hybridized carbons (Fsp3) is 0.455. The van der Waals surface area contributed by atoms with Crippen molar-refractivity contribution in [1.82, 2.24) is 4.98 Å². The van der Waals surface area contributed by atoms with Gasteiger partial charge in [0.25, 0.3) is 0 Å². The highest BCUT2D eigenvalue weighted by Crippen LogP contribution is 2.32. The molecule has 80 valence electrons. The molecule has 4 heteroatoms. The van der Waals surface area contributed by atoms with Crippen LogP contribution >= 0.6 is 0 Å². The molecule has 2 heterocycles. The van der Waals surface area contributed by atoms with Gasteiger partial charge in [-0.25, -0.2) is 0 Å². The van der Waals surface area contributed by atoms with E-state index in [9.17, 15) is 9.90 Å². The number of hydrogen-bond donors (Lipinski definition) is 1. The monoisotopic (exact) mass is 207 g/mol. The van der Waals surface area contributed by atoms with Crippen LogP contribution in [-0.2, 0) is 16.0 Å². The van der Waals surface area contributed by atoms with E-state index in [1.54, 1.807) is 12.4 Å². The Hall–Kier alpha value is -1.42. The lowest BCUT2D eigenvalue weighted by atomic mass is 9.81. The number of nitrogens with zero attached hydrogens (tertiary/aromatic N) is 1. The highest BCUT2D eigenvalue weighted by Gasteiger charge is 2.42. The number of pyridine rings is 1. The summed E-state index contributed by atoms with van der Waals surface area (Å²) in [6.45, 7) is 0.837. The zero-order valence-corrected chi connectivity index (χ0v) is 8.35. The van der Waals surface area contributed by atoms with Crippen LogP contribution in [0.25, 0.3) is 0 Å². The average Bonchev–Trinajstić information content (AvgIpc) is 2.69. The molecule has 1 aliphatic rings. The summed E-state index contributed by atoms with van der Waals surface area (Å²) in [7, 11) is 0. The van der Waals surface area contributed by atoms with Gasteiger partial charge in [0.2, 0.25) is 0 Å². The van der Waals surface area contributed by atoms with Crippen molar-refractivity contribution in [3.63, 3.8) is 0 Å². The minimum absolute atomic E-state index is 0.303. The molecule has 1 aliphatic heterocycles. The third kappa shape index (κ3) is 1.99. The minimum Gasteiger partial charge on any atom is -0.481 e. The van der Waals surface area contributed by atoms with Gasteiger partial charge in [-0.3, -0.25) is 9.78 Å². The summed E-state index contributed by atoms with van der Waals surface area (Å²) in [4.78, 5) is 15.2. The summed E-state index contributed by atoms with van der Waals surface area (Å²) in [5.74, 6) is -0.774. The van der Waals surface area contributed by atoms with Crippen LogP contribution in [0, 0.1) is 5.41 Å². The van der Waals surface area contributed by atoms with Crippen molar-refractivity contribution >= 4 is 5.97 Å². The van der Waals surface area contributed by atoms with E-state index in [0.717, 1.165) is 5.56 Å². The SMILES string of the molecule is O=C(O)C1(Cc2cccnc2)CCOC1. The van der Waals surface area contributed by atoms with Crippen LogP contribution < -0.4 is 0 Å². The minimum atomic E-state index is -0.774. The first-order valence-corrected chi connectivity index (χ1v) is 4.93. The lowest BCUT2D eigenvalue weighted by Crippen LogP contribution is -2.33. The first kappa shape index (κ1) is 10.1. The molecule has 0 aliphatic carbocycles. The van der Waals surface area contributed by atoms with Gasteiger partial charge < -0.3 is 9.84 Å². The molecule has 2 rings (SSSR count). The highest BCUT2D eigenvalue weighted by molar-refractivity contribution is 5.75. The molecular weight excluding hydrogens is 194 g/mol. The molecule has 1 saturated heterocycles. The molecule has 0 aromatic carbocycles. The van der Waals surface area contributed by atoms with Crippen LogP contribution in [0.15, 0.2) is 24.5 Å². The maximum atomic E-state index is 11.2. The summed E-state index contributed by atoms with van der Waals surface area (Å²) in [5.41, 5.74) is 0.202. The van der Waals surface area contributed by atoms with E-state index >= 15 is 0 Å². The second-order valence-corrected chi connectivity index (χ2v) is 3.93. The number of carboxylic acid groups (broad SMARTS) is 1. The third-order valence-electron chi connectivity index (χ3n) is 2.82. The first-order valence-electron chi connectivity index (χ1n) is 4.93. The molecule has 4 nitrogen and oxygen atoms in total. The number of hydrogen-bond acceptors (Lipinski definition) is 3. The number of carbonyl (C=O) groups is 1. The fourth-order valence-electron chi connectivity index (χ4n) is 1.88. The number of aliphatic carboxylic acids is 1. The van der Waals surface area contributed by atoms with E-state index in [2.05, 4.69) is 4.98 Å². The standard InChI is InChI=1S/C11H13NO3/c13-10(14)11(3-5-15-8-11)6-9-2-1-4-12-7-9/h1-2,4,7H,3,5-6,8H2,(H,13,14). The summed E-state index contributed by atoms with van der Waals surface area (Å²) < 4.78 is 5.19. The first-order chi connectivity index (χ1) is 7.23. The van der Waals surface area contributed by atoms with Crippen molar-refractivity contribution in [2.45, 2.75) is 12.8 Å². The molecule has 1 N–H and O–H groups in total. The zero-order valence-electron chi connectivity index (χ0n) is 8.35. The average molecular weight is 207 g/mol. The van der Waals surface area contributed by atoms with E-state index < -0.39 is 11.4 Å². The molecule has 0 saturated carbocycles. The predicted octanol–water partition coefficient (Wildman–Crippen LogP) is 1.12. The molecule has 1 atom stereocenters. The van der Waals surface area contributed by atoms with Crippen LogP contribution in [-0.4, -0.2) is 29.3 Å². The van der Waals surface area contributed by atoms with Gasteiger partial charge in [-0.1, -0.05) is 6.07 Å². The summed E-state index contributed by atoms with van der Waals surface area (Å²) in [6, 6.07) is 3.72. The Morgan fingerprint density at radius 1 is 1.67 bits per heavy atom. The van der Waals surface area contributed by atoms with Crippen LogP contribution in [0.1, 0.15) is 12.0 Å². The molecule has 1 aromatic heterocycles. The molecule has 0 spiro atoms. The summed E-state index contributed by atoms with van der Waals surface area (Å²) in [6.07, 6.45) is 4.47. The van der Waals surface area contributed by atoms with Crippen molar-refractivity contribution in [3.8, 4) is 0 Å². The summed E-state index contributed by atoms with van der Waals surface area (Å²) >= 11 is 0. The quantitative estimate of drug-likeness (QED) is 0.806. The number of rotatable bonds is 3. The van der Waals surface area contributed by atoms with Crippen molar-refractivity contribution in [1.29, 1.82) is 0 Å². The van der Waals surface area contributed by atoms with Crippen molar-refractivity contribution in [2.24, 2.45) is 5.41 Å². The third-order valence-corrected chi connectivity index (χ3v) is 2.82. The number of ether oxygens (including phenoxy) is 1. The lowest BCUT2D eigenvalue weighted by Gasteiger charge is -2.21. The Bertz CT molecular complexity index is 344. The van der Waals surface area contributed by atoms with Crippen molar-refractivity contribution in [2.75, 3.05) is 13.2 Å². The van der Waals surface area contributed by atoms with E-state index in [-0.39, 0.29) is 0 Å². The molecule has 15 heavy (non-hydrogen) atoms. The Labute approximate surface area is 87.9 Å². The molecule has 1 aromatic rings. The van der Waals surface area contributed by atoms with Crippen LogP contribution in [0.5, 0.6) is 0 Å². The predicted molar refractivity (Wildman–Crippen MR) is 53.4 cm³/mol. The molecule has 0 radical (unpaired) electrons. The van der Waals surface area contributed by atoms with Gasteiger partial charge in [0.1, 0.15) is 0 Å². The molecular formula is C11H13NO3. The Morgan fingerprint density at radius 3 is 3.07 bits per heavy atom. The second kappa shape index (κ2) is 3.98. The van der Waals surface area contributed by atoms with Gasteiger partial charge in [-0.05, 0) is 24.5 Å². The largest absolute Gasteiger partial charge is 0.481 e. The number of carboxylic acids is 1. The molecule has 0 bridgehead atoms. The zero-order chi connectivity index (χ0) is 10.7. The molecule has 1 fully saturated rings. The molecule has 0 amide bonds. The van der Waals surface area contributed by atoms with E-state index in [1.165, 1.54) is 0 Å². The Balaban J connectivity index is 2.18. The smallest absolute Gasteiger partial charge is 0.312 e. The molecule has 1 unspecified atom stereocenters. The maximum Gasteiger partial charge on any atom is 0.312 e.